The van der Waals surface area contributed by atoms with E-state index in [2.05, 4.69) is 27.2 Å². The summed E-state index contributed by atoms with van der Waals surface area (Å²) >= 11 is 1.43. The first-order valence-electron chi connectivity index (χ1n) is 7.26. The van der Waals surface area contributed by atoms with Gasteiger partial charge in [-0.1, -0.05) is 37.3 Å². The van der Waals surface area contributed by atoms with Gasteiger partial charge in [-0.05, 0) is 23.6 Å². The average Bonchev–Trinajstić information content (AvgIpc) is 2.99. The number of anilines is 1. The molecule has 0 N–H and O–H groups in total. The SMILES string of the molecule is CCN1CCN(c2nsc(-c3ccccc3)c2C#N)CC1. The van der Waals surface area contributed by atoms with E-state index in [4.69, 9.17) is 0 Å². The van der Waals surface area contributed by atoms with Gasteiger partial charge in [-0.15, -0.1) is 0 Å². The number of piperazine rings is 1. The molecule has 0 unspecified atom stereocenters. The Hall–Kier alpha value is -1.90. The van der Waals surface area contributed by atoms with Gasteiger partial charge in [0, 0.05) is 26.2 Å². The van der Waals surface area contributed by atoms with Crippen molar-refractivity contribution in [2.45, 2.75) is 6.92 Å². The van der Waals surface area contributed by atoms with Gasteiger partial charge in [0.25, 0.3) is 0 Å². The molecule has 4 nitrogen and oxygen atoms in total. The molecule has 0 amide bonds. The average molecular weight is 298 g/mol. The van der Waals surface area contributed by atoms with Gasteiger partial charge < -0.3 is 9.80 Å². The van der Waals surface area contributed by atoms with Gasteiger partial charge in [0.05, 0.1) is 4.88 Å². The fourth-order valence-electron chi connectivity index (χ4n) is 2.66. The maximum absolute atomic E-state index is 9.56. The van der Waals surface area contributed by atoms with E-state index in [0.29, 0.717) is 0 Å². The maximum atomic E-state index is 9.56. The van der Waals surface area contributed by atoms with Gasteiger partial charge in [0.2, 0.25) is 0 Å². The van der Waals surface area contributed by atoms with Gasteiger partial charge in [0.15, 0.2) is 5.82 Å². The molecule has 0 bridgehead atoms. The lowest BCUT2D eigenvalue weighted by Crippen LogP contribution is -2.46. The lowest BCUT2D eigenvalue weighted by molar-refractivity contribution is 0.270. The van der Waals surface area contributed by atoms with E-state index in [9.17, 15) is 5.26 Å². The molecule has 0 saturated carbocycles. The largest absolute Gasteiger partial charge is 0.352 e. The van der Waals surface area contributed by atoms with E-state index in [0.717, 1.165) is 54.5 Å². The minimum absolute atomic E-state index is 0.719. The van der Waals surface area contributed by atoms with E-state index in [-0.39, 0.29) is 0 Å². The molecule has 108 valence electrons. The van der Waals surface area contributed by atoms with Crippen LogP contribution >= 0.6 is 11.5 Å². The highest BCUT2D eigenvalue weighted by Crippen LogP contribution is 2.34. The van der Waals surface area contributed by atoms with Crippen LogP contribution in [0.4, 0.5) is 5.82 Å². The summed E-state index contributed by atoms with van der Waals surface area (Å²) < 4.78 is 4.56. The van der Waals surface area contributed by atoms with Crippen molar-refractivity contribution < 1.29 is 0 Å². The first-order valence-corrected chi connectivity index (χ1v) is 8.03. The molecule has 1 fully saturated rings. The van der Waals surface area contributed by atoms with Gasteiger partial charge in [-0.3, -0.25) is 0 Å². The molecule has 1 aromatic heterocycles. The molecule has 1 aromatic carbocycles. The molecule has 2 heterocycles. The Bertz CT molecular complexity index is 636. The summed E-state index contributed by atoms with van der Waals surface area (Å²) in [4.78, 5) is 5.65. The molecule has 0 aliphatic carbocycles. The Morgan fingerprint density at radius 3 is 2.52 bits per heavy atom. The molecular formula is C16H18N4S. The highest BCUT2D eigenvalue weighted by atomic mass is 32.1. The third-order valence-corrected chi connectivity index (χ3v) is 4.83. The van der Waals surface area contributed by atoms with Crippen LogP contribution in [0.3, 0.4) is 0 Å². The van der Waals surface area contributed by atoms with Gasteiger partial charge >= 0.3 is 0 Å². The normalized spacial score (nSPS) is 15.9. The maximum Gasteiger partial charge on any atom is 0.160 e. The molecule has 3 rings (SSSR count). The van der Waals surface area contributed by atoms with Crippen LogP contribution in [-0.2, 0) is 0 Å². The first-order chi connectivity index (χ1) is 10.3. The van der Waals surface area contributed by atoms with Crippen molar-refractivity contribution in [2.75, 3.05) is 37.6 Å². The molecular weight excluding hydrogens is 280 g/mol. The zero-order valence-corrected chi connectivity index (χ0v) is 12.9. The molecule has 5 heteroatoms. The van der Waals surface area contributed by atoms with Crippen LogP contribution in [0, 0.1) is 11.3 Å². The van der Waals surface area contributed by atoms with Crippen molar-refractivity contribution >= 4 is 17.4 Å². The number of hydrogen-bond acceptors (Lipinski definition) is 5. The van der Waals surface area contributed by atoms with E-state index in [1.807, 2.05) is 30.3 Å². The smallest absolute Gasteiger partial charge is 0.160 e. The van der Waals surface area contributed by atoms with E-state index < -0.39 is 0 Å². The van der Waals surface area contributed by atoms with Crippen LogP contribution in [0.25, 0.3) is 10.4 Å². The van der Waals surface area contributed by atoms with Gasteiger partial charge in [0.1, 0.15) is 11.6 Å². The summed E-state index contributed by atoms with van der Waals surface area (Å²) in [6.07, 6.45) is 0. The minimum Gasteiger partial charge on any atom is -0.352 e. The summed E-state index contributed by atoms with van der Waals surface area (Å²) in [6, 6.07) is 12.4. The summed E-state index contributed by atoms with van der Waals surface area (Å²) in [7, 11) is 0. The molecule has 1 aliphatic heterocycles. The number of likely N-dealkylation sites (N-methyl/N-ethyl adjacent to an activating group) is 1. The fraction of sp³-hybridized carbons (Fsp3) is 0.375. The Morgan fingerprint density at radius 1 is 1.19 bits per heavy atom. The summed E-state index contributed by atoms with van der Waals surface area (Å²) in [5, 5.41) is 9.56. The highest BCUT2D eigenvalue weighted by molar-refractivity contribution is 7.10. The summed E-state index contributed by atoms with van der Waals surface area (Å²) in [6.45, 7) is 7.25. The lowest BCUT2D eigenvalue weighted by Gasteiger charge is -2.34. The Balaban J connectivity index is 1.88. The van der Waals surface area contributed by atoms with E-state index in [1.54, 1.807) is 0 Å². The first kappa shape index (κ1) is 14.1. The second-order valence-electron chi connectivity index (χ2n) is 5.11. The number of benzene rings is 1. The van der Waals surface area contributed by atoms with Gasteiger partial charge in [-0.2, -0.15) is 9.64 Å². The second kappa shape index (κ2) is 6.25. The number of aromatic nitrogens is 1. The second-order valence-corrected chi connectivity index (χ2v) is 5.88. The standard InChI is InChI=1S/C16H18N4S/c1-2-19-8-10-20(11-9-19)16-14(12-17)15(21-18-16)13-6-4-3-5-7-13/h3-7H,2,8-11H2,1H3. The van der Waals surface area contributed by atoms with E-state index in [1.165, 1.54) is 11.5 Å². The van der Waals surface area contributed by atoms with Crippen molar-refractivity contribution in [3.05, 3.63) is 35.9 Å². The zero-order valence-electron chi connectivity index (χ0n) is 12.1. The molecule has 0 radical (unpaired) electrons. The number of rotatable bonds is 3. The van der Waals surface area contributed by atoms with Crippen LogP contribution < -0.4 is 4.90 Å². The van der Waals surface area contributed by atoms with Crippen LogP contribution in [0.1, 0.15) is 12.5 Å². The fourth-order valence-corrected chi connectivity index (χ4v) is 3.52. The van der Waals surface area contributed by atoms with Gasteiger partial charge in [-0.25, -0.2) is 0 Å². The molecule has 0 atom stereocenters. The minimum atomic E-state index is 0.719. The predicted molar refractivity (Wildman–Crippen MR) is 86.6 cm³/mol. The molecule has 0 spiro atoms. The summed E-state index contributed by atoms with van der Waals surface area (Å²) in [5.74, 6) is 0.858. The number of nitrogens with zero attached hydrogens (tertiary/aromatic N) is 4. The van der Waals surface area contributed by atoms with Crippen molar-refractivity contribution in [1.82, 2.24) is 9.27 Å². The van der Waals surface area contributed by atoms with Crippen molar-refractivity contribution in [2.24, 2.45) is 0 Å². The van der Waals surface area contributed by atoms with Crippen LogP contribution in [0.5, 0.6) is 0 Å². The topological polar surface area (TPSA) is 43.2 Å². The number of hydrogen-bond donors (Lipinski definition) is 0. The van der Waals surface area contributed by atoms with Crippen molar-refractivity contribution in [3.8, 4) is 16.5 Å². The van der Waals surface area contributed by atoms with E-state index >= 15 is 0 Å². The van der Waals surface area contributed by atoms with Crippen molar-refractivity contribution in [3.63, 3.8) is 0 Å². The number of nitriles is 1. The Kier molecular flexibility index (Phi) is 4.18. The van der Waals surface area contributed by atoms with Crippen LogP contribution in [0.2, 0.25) is 0 Å². The highest BCUT2D eigenvalue weighted by Gasteiger charge is 2.23. The third-order valence-electron chi connectivity index (χ3n) is 3.94. The van der Waals surface area contributed by atoms with Crippen molar-refractivity contribution in [1.29, 1.82) is 5.26 Å². The molecule has 1 aliphatic rings. The molecule has 21 heavy (non-hydrogen) atoms. The molecule has 2 aromatic rings. The Morgan fingerprint density at radius 2 is 1.90 bits per heavy atom. The quantitative estimate of drug-likeness (QED) is 0.874. The lowest BCUT2D eigenvalue weighted by atomic mass is 10.1. The van der Waals surface area contributed by atoms with Crippen LogP contribution in [-0.4, -0.2) is 42.0 Å². The summed E-state index contributed by atoms with van der Waals surface area (Å²) in [5.41, 5.74) is 1.79. The monoisotopic (exact) mass is 298 g/mol. The third kappa shape index (κ3) is 2.78. The zero-order chi connectivity index (χ0) is 14.7. The molecule has 1 saturated heterocycles. The Labute approximate surface area is 129 Å². The predicted octanol–water partition coefficient (Wildman–Crippen LogP) is 2.82. The van der Waals surface area contributed by atoms with Crippen LogP contribution in [0.15, 0.2) is 30.3 Å².